The maximum absolute atomic E-state index is 5.55. The highest BCUT2D eigenvalue weighted by atomic mass is 16.5. The van der Waals surface area contributed by atoms with Crippen LogP contribution in [-0.4, -0.2) is 22.1 Å². The molecule has 2 aromatic heterocycles. The normalized spacial score (nSPS) is 11.3. The fourth-order valence-electron chi connectivity index (χ4n) is 2.42. The van der Waals surface area contributed by atoms with E-state index in [0.717, 1.165) is 35.1 Å². The third-order valence-electron chi connectivity index (χ3n) is 3.61. The lowest BCUT2D eigenvalue weighted by atomic mass is 10.1. The molecule has 0 spiro atoms. The highest BCUT2D eigenvalue weighted by Gasteiger charge is 2.14. The van der Waals surface area contributed by atoms with Crippen LogP contribution in [0.4, 0.5) is 0 Å². The molecule has 0 aliphatic rings. The molecular formula is C17H19N3O2. The Morgan fingerprint density at radius 1 is 1.23 bits per heavy atom. The van der Waals surface area contributed by atoms with E-state index in [0.29, 0.717) is 17.4 Å². The van der Waals surface area contributed by atoms with E-state index in [-0.39, 0.29) is 0 Å². The van der Waals surface area contributed by atoms with E-state index < -0.39 is 0 Å². The largest absolute Gasteiger partial charge is 0.495 e. The molecule has 0 radical (unpaired) electrons. The Bertz CT molecular complexity index is 767. The van der Waals surface area contributed by atoms with Gasteiger partial charge in [-0.15, -0.1) is 0 Å². The molecule has 114 valence electrons. The van der Waals surface area contributed by atoms with Crippen LogP contribution in [0.15, 0.2) is 35.3 Å². The Balaban J connectivity index is 2.04. The maximum atomic E-state index is 5.55. The molecule has 2 heterocycles. The van der Waals surface area contributed by atoms with Crippen LogP contribution in [0.25, 0.3) is 22.2 Å². The number of oxazole rings is 1. The molecule has 0 aliphatic carbocycles. The Morgan fingerprint density at radius 3 is 2.77 bits per heavy atom. The summed E-state index contributed by atoms with van der Waals surface area (Å²) in [4.78, 5) is 13.1. The predicted octanol–water partition coefficient (Wildman–Crippen LogP) is 3.88. The summed E-state index contributed by atoms with van der Waals surface area (Å²) in [6.45, 7) is 4.40. The fourth-order valence-corrected chi connectivity index (χ4v) is 2.42. The van der Waals surface area contributed by atoms with Crippen molar-refractivity contribution in [3.63, 3.8) is 0 Å². The molecule has 1 aromatic carbocycles. The van der Waals surface area contributed by atoms with E-state index in [4.69, 9.17) is 9.15 Å². The fraction of sp³-hybridized carbons (Fsp3) is 0.353. The smallest absolute Gasteiger partial charge is 0.181 e. The molecule has 0 N–H and O–H groups in total. The first kappa shape index (κ1) is 14.5. The average Bonchev–Trinajstić information content (AvgIpc) is 3.05. The Kier molecular flexibility index (Phi) is 4.04. The average molecular weight is 297 g/mol. The topological polar surface area (TPSA) is 61.0 Å². The van der Waals surface area contributed by atoms with Crippen molar-refractivity contribution in [3.8, 4) is 17.1 Å². The number of hydrogen-bond acceptors (Lipinski definition) is 5. The van der Waals surface area contributed by atoms with Gasteiger partial charge in [0.25, 0.3) is 0 Å². The third kappa shape index (κ3) is 2.79. The summed E-state index contributed by atoms with van der Waals surface area (Å²) in [6.07, 6.45) is 6.88. The lowest BCUT2D eigenvalue weighted by molar-refractivity contribution is 0.419. The molecule has 0 saturated carbocycles. The van der Waals surface area contributed by atoms with Crippen LogP contribution in [0.5, 0.6) is 5.75 Å². The van der Waals surface area contributed by atoms with Crippen molar-refractivity contribution in [3.05, 3.63) is 36.7 Å². The monoisotopic (exact) mass is 297 g/mol. The van der Waals surface area contributed by atoms with E-state index in [1.807, 2.05) is 18.3 Å². The third-order valence-corrected chi connectivity index (χ3v) is 3.61. The highest BCUT2D eigenvalue weighted by molar-refractivity contribution is 5.91. The lowest BCUT2D eigenvalue weighted by Crippen LogP contribution is -1.99. The number of hydrogen-bond donors (Lipinski definition) is 0. The number of benzene rings is 1. The summed E-state index contributed by atoms with van der Waals surface area (Å²) in [7, 11) is 1.64. The number of fused-ring (bicyclic) bond motifs is 1. The van der Waals surface area contributed by atoms with Crippen LogP contribution in [0.1, 0.15) is 26.1 Å². The zero-order valence-corrected chi connectivity index (χ0v) is 13.0. The van der Waals surface area contributed by atoms with Crippen LogP contribution in [0, 0.1) is 5.92 Å². The summed E-state index contributed by atoms with van der Waals surface area (Å²) in [6, 6.07) is 3.91. The number of rotatable bonds is 5. The van der Waals surface area contributed by atoms with Crippen molar-refractivity contribution in [2.75, 3.05) is 7.11 Å². The summed E-state index contributed by atoms with van der Waals surface area (Å²) in [5.41, 5.74) is 1.74. The second-order valence-electron chi connectivity index (χ2n) is 5.66. The van der Waals surface area contributed by atoms with Crippen LogP contribution < -0.4 is 4.74 Å². The molecule has 3 aromatic rings. The molecule has 0 aliphatic heterocycles. The number of aryl methyl sites for hydroxylation is 1. The molecule has 5 heteroatoms. The number of aromatic nitrogens is 3. The van der Waals surface area contributed by atoms with Crippen LogP contribution in [0.2, 0.25) is 0 Å². The van der Waals surface area contributed by atoms with E-state index in [9.17, 15) is 0 Å². The van der Waals surface area contributed by atoms with Gasteiger partial charge in [-0.3, -0.25) is 0 Å². The molecule has 0 unspecified atom stereocenters. The summed E-state index contributed by atoms with van der Waals surface area (Å²) < 4.78 is 10.9. The van der Waals surface area contributed by atoms with Gasteiger partial charge in [0.2, 0.25) is 0 Å². The quantitative estimate of drug-likeness (QED) is 0.715. The van der Waals surface area contributed by atoms with E-state index >= 15 is 0 Å². The van der Waals surface area contributed by atoms with Gasteiger partial charge in [0.1, 0.15) is 11.6 Å². The number of ether oxygens (including phenoxy) is 1. The summed E-state index contributed by atoms with van der Waals surface area (Å²) in [5, 5.41) is 0.879. The maximum Gasteiger partial charge on any atom is 0.181 e. The molecule has 0 amide bonds. The minimum atomic E-state index is 0.641. The first-order valence-corrected chi connectivity index (χ1v) is 7.40. The zero-order chi connectivity index (χ0) is 15.5. The van der Waals surface area contributed by atoms with Gasteiger partial charge in [0.05, 0.1) is 29.8 Å². The van der Waals surface area contributed by atoms with Gasteiger partial charge >= 0.3 is 0 Å². The van der Waals surface area contributed by atoms with Gasteiger partial charge in [-0.05, 0) is 24.5 Å². The standard InChI is InChI=1S/C17H19N3O2/c1-11(2)4-7-16-19-8-13-14(20-16)6-5-12(17(13)21-3)15-9-18-10-22-15/h5-6,8-11H,4,7H2,1-3H3. The first-order valence-electron chi connectivity index (χ1n) is 7.40. The van der Waals surface area contributed by atoms with Crippen molar-refractivity contribution >= 4 is 10.9 Å². The van der Waals surface area contributed by atoms with E-state index in [1.54, 1.807) is 13.3 Å². The van der Waals surface area contributed by atoms with Crippen molar-refractivity contribution in [2.45, 2.75) is 26.7 Å². The molecule has 22 heavy (non-hydrogen) atoms. The van der Waals surface area contributed by atoms with Gasteiger partial charge in [-0.1, -0.05) is 13.8 Å². The minimum Gasteiger partial charge on any atom is -0.495 e. The number of methoxy groups -OCH3 is 1. The van der Waals surface area contributed by atoms with Crippen molar-refractivity contribution in [1.82, 2.24) is 15.0 Å². The lowest BCUT2D eigenvalue weighted by Gasteiger charge is -2.10. The molecule has 0 bridgehead atoms. The second-order valence-corrected chi connectivity index (χ2v) is 5.66. The van der Waals surface area contributed by atoms with Crippen LogP contribution in [0.3, 0.4) is 0 Å². The van der Waals surface area contributed by atoms with Crippen molar-refractivity contribution in [1.29, 1.82) is 0 Å². The molecule has 5 nitrogen and oxygen atoms in total. The molecule has 0 saturated heterocycles. The first-order chi connectivity index (χ1) is 10.7. The Morgan fingerprint density at radius 2 is 2.09 bits per heavy atom. The SMILES string of the molecule is COc1c(-c2cnco2)ccc2nc(CCC(C)C)ncc12. The van der Waals surface area contributed by atoms with Gasteiger partial charge in [-0.25, -0.2) is 15.0 Å². The summed E-state index contributed by atoms with van der Waals surface area (Å²) >= 11 is 0. The molecule has 0 atom stereocenters. The Hall–Kier alpha value is -2.43. The van der Waals surface area contributed by atoms with Crippen LogP contribution in [-0.2, 0) is 6.42 Å². The molecule has 0 fully saturated rings. The minimum absolute atomic E-state index is 0.641. The van der Waals surface area contributed by atoms with E-state index in [1.165, 1.54) is 6.39 Å². The van der Waals surface area contributed by atoms with Gasteiger partial charge < -0.3 is 9.15 Å². The van der Waals surface area contributed by atoms with Gasteiger partial charge in [-0.2, -0.15) is 0 Å². The molecule has 3 rings (SSSR count). The summed E-state index contributed by atoms with van der Waals surface area (Å²) in [5.74, 6) is 2.89. The van der Waals surface area contributed by atoms with Crippen molar-refractivity contribution < 1.29 is 9.15 Å². The van der Waals surface area contributed by atoms with E-state index in [2.05, 4.69) is 28.8 Å². The Labute approximate surface area is 129 Å². The van der Waals surface area contributed by atoms with Gasteiger partial charge in [0.15, 0.2) is 12.2 Å². The zero-order valence-electron chi connectivity index (χ0n) is 13.0. The second kappa shape index (κ2) is 6.13. The highest BCUT2D eigenvalue weighted by Crippen LogP contribution is 2.35. The predicted molar refractivity (Wildman–Crippen MR) is 84.7 cm³/mol. The molecular weight excluding hydrogens is 278 g/mol. The van der Waals surface area contributed by atoms with Crippen LogP contribution >= 0.6 is 0 Å². The number of nitrogens with zero attached hydrogens (tertiary/aromatic N) is 3. The van der Waals surface area contributed by atoms with Crippen molar-refractivity contribution in [2.24, 2.45) is 5.92 Å². The van der Waals surface area contributed by atoms with Gasteiger partial charge in [0, 0.05) is 12.6 Å².